The van der Waals surface area contributed by atoms with Crippen molar-refractivity contribution in [2.45, 2.75) is 206 Å². The van der Waals surface area contributed by atoms with E-state index in [1.807, 2.05) is 97.1 Å². The van der Waals surface area contributed by atoms with Crippen molar-refractivity contribution in [3.8, 4) is 0 Å². The van der Waals surface area contributed by atoms with Gasteiger partial charge in [-0.3, -0.25) is 58.0 Å². The standard InChI is InChI=1S/C80H80N4O8/c1-5-9-13-17-21-45(22-18-14-10-6-2)81-73(85)57-37-29-49-53-33-41-61-71-62(42-34-54(67(53)71)50-30-38-58(74(81)86)69(57)65(49)50)78(90)83(77(61)89)47-25-27-48(28-26-47)84-79(91)63-43-35-55-51-31-39-59-70-60(40-32-52(66(51)70)56-36-44-64(80(84)92)72(63)68(55)56)76(88)82(75(59)87)46(23-19-15-11-7-3)24-20-16-12-8-4/h29-48H,5-28H2,1-4H3. The Kier molecular flexibility index (Phi) is 15.4. The Bertz CT molecular complexity index is 4220. The summed E-state index contributed by atoms with van der Waals surface area (Å²) in [5, 5.41) is 12.6. The van der Waals surface area contributed by atoms with Gasteiger partial charge in [-0.1, -0.05) is 179 Å². The van der Waals surface area contributed by atoms with Crippen LogP contribution in [0, 0.1) is 0 Å². The van der Waals surface area contributed by atoms with Gasteiger partial charge in [-0.25, -0.2) is 0 Å². The molecule has 0 radical (unpaired) electrons. The molecule has 1 fully saturated rings. The largest absolute Gasteiger partial charge is 0.271 e. The van der Waals surface area contributed by atoms with Crippen LogP contribution in [0.1, 0.15) is 265 Å². The lowest BCUT2D eigenvalue weighted by Gasteiger charge is -2.41. The second-order valence-electron chi connectivity index (χ2n) is 27.4. The van der Waals surface area contributed by atoms with Crippen LogP contribution in [0.4, 0.5) is 0 Å². The molecule has 1 saturated carbocycles. The molecule has 15 rings (SSSR count). The molecular weight excluding hydrogens is 1140 g/mol. The van der Waals surface area contributed by atoms with E-state index >= 15 is 19.2 Å². The summed E-state index contributed by atoms with van der Waals surface area (Å²) in [6, 6.07) is 29.2. The van der Waals surface area contributed by atoms with Crippen LogP contribution in [-0.2, 0) is 0 Å². The fourth-order valence-electron chi connectivity index (χ4n) is 17.5. The number of benzene rings is 10. The maximum atomic E-state index is 15.0. The zero-order chi connectivity index (χ0) is 63.4. The molecule has 12 heteroatoms. The van der Waals surface area contributed by atoms with Gasteiger partial charge in [0, 0.05) is 90.2 Å². The van der Waals surface area contributed by atoms with Crippen molar-refractivity contribution in [3.63, 3.8) is 0 Å². The minimum atomic E-state index is -0.473. The Morgan fingerprint density at radius 2 is 0.457 bits per heavy atom. The van der Waals surface area contributed by atoms with Gasteiger partial charge in [-0.05, 0) is 165 Å². The van der Waals surface area contributed by atoms with Gasteiger partial charge in [0.1, 0.15) is 0 Å². The average Bonchev–Trinajstić information content (AvgIpc) is 0.699. The molecule has 5 aliphatic rings. The third-order valence-electron chi connectivity index (χ3n) is 22.1. The molecule has 8 amide bonds. The fourth-order valence-corrected chi connectivity index (χ4v) is 17.5. The number of hydrogen-bond acceptors (Lipinski definition) is 8. The van der Waals surface area contributed by atoms with Gasteiger partial charge in [0.25, 0.3) is 47.3 Å². The molecule has 92 heavy (non-hydrogen) atoms. The van der Waals surface area contributed by atoms with E-state index in [1.54, 1.807) is 9.80 Å². The molecule has 0 aromatic heterocycles. The molecule has 10 aromatic rings. The molecule has 4 aliphatic heterocycles. The highest BCUT2D eigenvalue weighted by atomic mass is 16.2. The third kappa shape index (κ3) is 9.02. The molecule has 468 valence electrons. The number of imide groups is 4. The summed E-state index contributed by atoms with van der Waals surface area (Å²) in [4.78, 5) is 125. The summed E-state index contributed by atoms with van der Waals surface area (Å²) in [5.41, 5.74) is 3.84. The summed E-state index contributed by atoms with van der Waals surface area (Å²) in [5.74, 6) is -2.47. The van der Waals surface area contributed by atoms with Crippen molar-refractivity contribution in [3.05, 3.63) is 142 Å². The predicted molar refractivity (Wildman–Crippen MR) is 366 cm³/mol. The zero-order valence-electron chi connectivity index (χ0n) is 53.6. The maximum Gasteiger partial charge on any atom is 0.261 e. The van der Waals surface area contributed by atoms with Crippen molar-refractivity contribution < 1.29 is 38.4 Å². The van der Waals surface area contributed by atoms with Crippen LogP contribution in [0.25, 0.3) is 86.2 Å². The molecule has 0 unspecified atom stereocenters. The second-order valence-corrected chi connectivity index (χ2v) is 27.4. The molecule has 10 aromatic carbocycles. The van der Waals surface area contributed by atoms with Crippen LogP contribution < -0.4 is 0 Å². The predicted octanol–water partition coefficient (Wildman–Crippen LogP) is 18.8. The quantitative estimate of drug-likeness (QED) is 0.0251. The van der Waals surface area contributed by atoms with Crippen LogP contribution in [0.5, 0.6) is 0 Å². The number of rotatable bonds is 24. The van der Waals surface area contributed by atoms with E-state index in [0.29, 0.717) is 91.7 Å². The van der Waals surface area contributed by atoms with Crippen LogP contribution in [0.2, 0.25) is 0 Å². The number of hydrogen-bond donors (Lipinski definition) is 0. The minimum Gasteiger partial charge on any atom is -0.271 e. The Labute approximate surface area is 536 Å². The number of carbonyl (C=O) groups is 8. The van der Waals surface area contributed by atoms with Gasteiger partial charge in [0.2, 0.25) is 0 Å². The van der Waals surface area contributed by atoms with E-state index < -0.39 is 12.1 Å². The fraction of sp³-hybridized carbons (Fsp3) is 0.400. The van der Waals surface area contributed by atoms with Crippen LogP contribution >= 0.6 is 0 Å². The summed E-state index contributed by atoms with van der Waals surface area (Å²) < 4.78 is 0. The Morgan fingerprint density at radius 3 is 0.652 bits per heavy atom. The topological polar surface area (TPSA) is 150 Å². The second kappa shape index (κ2) is 23.8. The first-order chi connectivity index (χ1) is 44.9. The Morgan fingerprint density at radius 1 is 0.261 bits per heavy atom. The summed E-state index contributed by atoms with van der Waals surface area (Å²) in [7, 11) is 0. The highest BCUT2D eigenvalue weighted by Crippen LogP contribution is 2.50. The number of carbonyl (C=O) groups excluding carboxylic acids is 8. The van der Waals surface area contributed by atoms with Crippen molar-refractivity contribution in [1.29, 1.82) is 0 Å². The number of amides is 8. The average molecular weight is 1230 g/mol. The van der Waals surface area contributed by atoms with Gasteiger partial charge in [-0.2, -0.15) is 0 Å². The normalized spacial score (nSPS) is 17.7. The van der Waals surface area contributed by atoms with E-state index in [1.165, 1.54) is 9.80 Å². The molecule has 0 saturated heterocycles. The first kappa shape index (κ1) is 59.7. The number of unbranched alkanes of at least 4 members (excludes halogenated alkanes) is 12. The van der Waals surface area contributed by atoms with Crippen molar-refractivity contribution in [2.24, 2.45) is 0 Å². The lowest BCUT2D eigenvalue weighted by atomic mass is 9.80. The molecule has 4 heterocycles. The van der Waals surface area contributed by atoms with Crippen LogP contribution in [0.3, 0.4) is 0 Å². The summed E-state index contributed by atoms with van der Waals surface area (Å²) in [6.07, 6.45) is 21.8. The van der Waals surface area contributed by atoms with Crippen LogP contribution in [-0.4, -0.2) is 91.0 Å². The van der Waals surface area contributed by atoms with E-state index in [0.717, 1.165) is 193 Å². The molecule has 0 spiro atoms. The lowest BCUT2D eigenvalue weighted by Crippen LogP contribution is -2.53. The van der Waals surface area contributed by atoms with Gasteiger partial charge in [0.05, 0.1) is 0 Å². The summed E-state index contributed by atoms with van der Waals surface area (Å²) >= 11 is 0. The van der Waals surface area contributed by atoms with Gasteiger partial charge in [0.15, 0.2) is 0 Å². The smallest absolute Gasteiger partial charge is 0.261 e. The molecule has 0 N–H and O–H groups in total. The van der Waals surface area contributed by atoms with E-state index in [4.69, 9.17) is 0 Å². The minimum absolute atomic E-state index is 0.174. The Balaban J connectivity index is 0.693. The van der Waals surface area contributed by atoms with Crippen LogP contribution in [0.15, 0.2) is 97.1 Å². The first-order valence-corrected chi connectivity index (χ1v) is 34.8. The Hall–Kier alpha value is -8.64. The van der Waals surface area contributed by atoms with Crippen molar-refractivity contribution >= 4 is 133 Å². The highest BCUT2D eigenvalue weighted by molar-refractivity contribution is 6.43. The van der Waals surface area contributed by atoms with Gasteiger partial charge < -0.3 is 0 Å². The number of fused-ring (bicyclic) bond motifs is 4. The van der Waals surface area contributed by atoms with E-state index in [2.05, 4.69) is 27.7 Å². The van der Waals surface area contributed by atoms with E-state index in [9.17, 15) is 19.2 Å². The molecule has 1 aliphatic carbocycles. The molecule has 0 bridgehead atoms. The lowest BCUT2D eigenvalue weighted by molar-refractivity contribution is 0.0377. The highest BCUT2D eigenvalue weighted by Gasteiger charge is 2.46. The van der Waals surface area contributed by atoms with Crippen molar-refractivity contribution in [1.82, 2.24) is 19.6 Å². The SMILES string of the molecule is CCCCCCC(CCCCCC)N1C(=O)c2ccc3c4ccc5c6c(ccc(c7ccc(c2c37)C1=O)c64)C(=O)N(C1CCC(N2C(=O)c3ccc4c6ccc7c8c(ccc(c9ccc(c3c49)C2=O)c86)C(=O)N(C(CCCCCC)CCCCCC)C7=O)CC1)C5=O. The molecule has 12 nitrogen and oxygen atoms in total. The van der Waals surface area contributed by atoms with Crippen molar-refractivity contribution in [2.75, 3.05) is 0 Å². The van der Waals surface area contributed by atoms with Gasteiger partial charge >= 0.3 is 0 Å². The maximum absolute atomic E-state index is 15.0. The zero-order valence-corrected chi connectivity index (χ0v) is 53.6. The third-order valence-corrected chi connectivity index (χ3v) is 22.1. The molecule has 0 atom stereocenters. The van der Waals surface area contributed by atoms with Gasteiger partial charge in [-0.15, -0.1) is 0 Å². The first-order valence-electron chi connectivity index (χ1n) is 34.8. The molecular formula is C80H80N4O8. The number of nitrogens with zero attached hydrogens (tertiary/aromatic N) is 4. The monoisotopic (exact) mass is 1220 g/mol. The summed E-state index contributed by atoms with van der Waals surface area (Å²) in [6.45, 7) is 8.75. The van der Waals surface area contributed by atoms with E-state index in [-0.39, 0.29) is 59.3 Å².